The first-order valence-electron chi connectivity index (χ1n) is 5.91. The summed E-state index contributed by atoms with van der Waals surface area (Å²) in [7, 11) is 0. The number of hydrogen-bond donors (Lipinski definition) is 1. The maximum atomic E-state index is 12.0. The van der Waals surface area contributed by atoms with Crippen LogP contribution >= 0.6 is 0 Å². The maximum Gasteiger partial charge on any atom is 0.389 e. The SMILES string of the molecule is CC(C)C1CNCCN1CCCC(F)(F)F. The smallest absolute Gasteiger partial charge is 0.314 e. The first-order chi connectivity index (χ1) is 7.40. The second kappa shape index (κ2) is 5.87. The van der Waals surface area contributed by atoms with Crippen molar-refractivity contribution in [1.29, 1.82) is 0 Å². The number of nitrogens with one attached hydrogen (secondary N) is 1. The number of halogens is 3. The van der Waals surface area contributed by atoms with Gasteiger partial charge in [0.25, 0.3) is 0 Å². The summed E-state index contributed by atoms with van der Waals surface area (Å²) in [4.78, 5) is 2.19. The number of alkyl halides is 3. The van der Waals surface area contributed by atoms with Crippen LogP contribution in [0.5, 0.6) is 0 Å². The third kappa shape index (κ3) is 4.70. The summed E-state index contributed by atoms with van der Waals surface area (Å²) in [5.74, 6) is 0.485. The molecule has 5 heteroatoms. The van der Waals surface area contributed by atoms with E-state index >= 15 is 0 Å². The highest BCUT2D eigenvalue weighted by Gasteiger charge is 2.29. The molecular formula is C11H21F3N2. The quantitative estimate of drug-likeness (QED) is 0.808. The van der Waals surface area contributed by atoms with E-state index in [2.05, 4.69) is 24.1 Å². The molecule has 1 saturated heterocycles. The molecule has 1 fully saturated rings. The van der Waals surface area contributed by atoms with Gasteiger partial charge < -0.3 is 5.32 Å². The Balaban J connectivity index is 2.33. The van der Waals surface area contributed by atoms with Crippen molar-refractivity contribution in [2.45, 2.75) is 38.9 Å². The van der Waals surface area contributed by atoms with Gasteiger partial charge in [0.15, 0.2) is 0 Å². The largest absolute Gasteiger partial charge is 0.389 e. The van der Waals surface area contributed by atoms with Gasteiger partial charge in [-0.1, -0.05) is 13.8 Å². The summed E-state index contributed by atoms with van der Waals surface area (Å²) in [5, 5.41) is 3.29. The van der Waals surface area contributed by atoms with E-state index in [0.29, 0.717) is 18.5 Å². The molecule has 1 rings (SSSR count). The van der Waals surface area contributed by atoms with Crippen LogP contribution in [-0.4, -0.2) is 43.3 Å². The molecule has 0 bridgehead atoms. The molecule has 1 N–H and O–H groups in total. The highest BCUT2D eigenvalue weighted by molar-refractivity contribution is 4.82. The van der Waals surface area contributed by atoms with Gasteiger partial charge in [0.05, 0.1) is 0 Å². The normalized spacial score (nSPS) is 24.0. The fraction of sp³-hybridized carbons (Fsp3) is 1.00. The number of hydrogen-bond acceptors (Lipinski definition) is 2. The molecule has 0 aromatic carbocycles. The van der Waals surface area contributed by atoms with E-state index < -0.39 is 12.6 Å². The van der Waals surface area contributed by atoms with Crippen LogP contribution in [-0.2, 0) is 0 Å². The second-order valence-electron chi connectivity index (χ2n) is 4.77. The Hall–Kier alpha value is -0.290. The van der Waals surface area contributed by atoms with Gasteiger partial charge in [0.2, 0.25) is 0 Å². The molecule has 0 spiro atoms. The summed E-state index contributed by atoms with van der Waals surface area (Å²) in [6.45, 7) is 7.44. The Morgan fingerprint density at radius 2 is 2.06 bits per heavy atom. The molecule has 0 radical (unpaired) electrons. The first kappa shape index (κ1) is 13.8. The van der Waals surface area contributed by atoms with Crippen molar-refractivity contribution in [2.24, 2.45) is 5.92 Å². The van der Waals surface area contributed by atoms with Gasteiger partial charge in [-0.3, -0.25) is 4.90 Å². The van der Waals surface area contributed by atoms with Crippen LogP contribution in [0.4, 0.5) is 13.2 Å². The van der Waals surface area contributed by atoms with E-state index in [4.69, 9.17) is 0 Å². The van der Waals surface area contributed by atoms with Crippen molar-refractivity contribution in [2.75, 3.05) is 26.2 Å². The zero-order valence-corrected chi connectivity index (χ0v) is 9.98. The highest BCUT2D eigenvalue weighted by Crippen LogP contribution is 2.22. The standard InChI is InChI=1S/C11H21F3N2/c1-9(2)10-8-15-5-7-16(10)6-3-4-11(12,13)14/h9-10,15H,3-8H2,1-2H3. The van der Waals surface area contributed by atoms with Crippen LogP contribution in [0.25, 0.3) is 0 Å². The van der Waals surface area contributed by atoms with Gasteiger partial charge in [-0.2, -0.15) is 13.2 Å². The number of piperazine rings is 1. The molecule has 16 heavy (non-hydrogen) atoms. The lowest BCUT2D eigenvalue weighted by molar-refractivity contribution is -0.136. The average molecular weight is 238 g/mol. The van der Waals surface area contributed by atoms with E-state index in [9.17, 15) is 13.2 Å². The summed E-state index contributed by atoms with van der Waals surface area (Å²) in [5.41, 5.74) is 0. The van der Waals surface area contributed by atoms with Gasteiger partial charge in [0.1, 0.15) is 0 Å². The van der Waals surface area contributed by atoms with Crippen LogP contribution in [0.2, 0.25) is 0 Å². The lowest BCUT2D eigenvalue weighted by atomic mass is 10.0. The van der Waals surface area contributed by atoms with Gasteiger partial charge >= 0.3 is 6.18 Å². The lowest BCUT2D eigenvalue weighted by Gasteiger charge is -2.38. The first-order valence-corrected chi connectivity index (χ1v) is 5.91. The Morgan fingerprint density at radius 3 is 2.62 bits per heavy atom. The van der Waals surface area contributed by atoms with E-state index in [0.717, 1.165) is 19.6 Å². The van der Waals surface area contributed by atoms with E-state index in [-0.39, 0.29) is 6.42 Å². The van der Waals surface area contributed by atoms with Crippen molar-refractivity contribution < 1.29 is 13.2 Å². The van der Waals surface area contributed by atoms with Gasteiger partial charge in [0, 0.05) is 32.1 Å². The van der Waals surface area contributed by atoms with E-state index in [1.807, 2.05) is 0 Å². The zero-order valence-electron chi connectivity index (χ0n) is 9.98. The van der Waals surface area contributed by atoms with Crippen molar-refractivity contribution in [3.05, 3.63) is 0 Å². The Labute approximate surface area is 95.2 Å². The highest BCUT2D eigenvalue weighted by atomic mass is 19.4. The van der Waals surface area contributed by atoms with Crippen molar-refractivity contribution in [1.82, 2.24) is 10.2 Å². The molecule has 2 nitrogen and oxygen atoms in total. The van der Waals surface area contributed by atoms with Gasteiger partial charge in [-0.25, -0.2) is 0 Å². The molecule has 1 aliphatic rings. The predicted octanol–water partition coefficient (Wildman–Crippen LogP) is 2.26. The molecule has 1 unspecified atom stereocenters. The zero-order chi connectivity index (χ0) is 12.2. The maximum absolute atomic E-state index is 12.0. The van der Waals surface area contributed by atoms with Crippen molar-refractivity contribution in [3.63, 3.8) is 0 Å². The average Bonchev–Trinajstić information content (AvgIpc) is 2.16. The molecule has 1 heterocycles. The molecule has 0 saturated carbocycles. The fourth-order valence-electron chi connectivity index (χ4n) is 2.19. The predicted molar refractivity (Wildman–Crippen MR) is 58.4 cm³/mol. The number of nitrogens with zero attached hydrogens (tertiary/aromatic N) is 1. The summed E-state index contributed by atoms with van der Waals surface area (Å²) in [6, 6.07) is 0.377. The topological polar surface area (TPSA) is 15.3 Å². The van der Waals surface area contributed by atoms with Crippen LogP contribution in [0.15, 0.2) is 0 Å². The summed E-state index contributed by atoms with van der Waals surface area (Å²) in [6.07, 6.45) is -4.46. The fourth-order valence-corrected chi connectivity index (χ4v) is 2.19. The van der Waals surface area contributed by atoms with Crippen molar-refractivity contribution >= 4 is 0 Å². The molecule has 0 aliphatic carbocycles. The molecule has 1 aliphatic heterocycles. The summed E-state index contributed by atoms with van der Waals surface area (Å²) < 4.78 is 36.1. The molecule has 0 aromatic heterocycles. The molecular weight excluding hydrogens is 217 g/mol. The second-order valence-corrected chi connectivity index (χ2v) is 4.77. The van der Waals surface area contributed by atoms with E-state index in [1.54, 1.807) is 0 Å². The molecule has 0 aromatic rings. The lowest BCUT2D eigenvalue weighted by Crippen LogP contribution is -2.53. The van der Waals surface area contributed by atoms with Crippen LogP contribution in [0.3, 0.4) is 0 Å². The summed E-state index contributed by atoms with van der Waals surface area (Å²) >= 11 is 0. The number of rotatable bonds is 4. The molecule has 96 valence electrons. The minimum absolute atomic E-state index is 0.215. The molecule has 1 atom stereocenters. The van der Waals surface area contributed by atoms with Gasteiger partial charge in [-0.15, -0.1) is 0 Å². The van der Waals surface area contributed by atoms with Crippen LogP contribution < -0.4 is 5.32 Å². The third-order valence-corrected chi connectivity index (χ3v) is 3.07. The minimum Gasteiger partial charge on any atom is -0.314 e. The van der Waals surface area contributed by atoms with Crippen LogP contribution in [0, 0.1) is 5.92 Å². The van der Waals surface area contributed by atoms with E-state index in [1.165, 1.54) is 0 Å². The third-order valence-electron chi connectivity index (χ3n) is 3.07. The monoisotopic (exact) mass is 238 g/mol. The Kier molecular flexibility index (Phi) is 5.05. The van der Waals surface area contributed by atoms with Crippen LogP contribution in [0.1, 0.15) is 26.7 Å². The molecule has 0 amide bonds. The van der Waals surface area contributed by atoms with Crippen molar-refractivity contribution in [3.8, 4) is 0 Å². The Morgan fingerprint density at radius 1 is 1.38 bits per heavy atom. The Bertz CT molecular complexity index is 204. The van der Waals surface area contributed by atoms with Gasteiger partial charge in [-0.05, 0) is 18.9 Å². The minimum atomic E-state index is -4.01.